The highest BCUT2D eigenvalue weighted by molar-refractivity contribution is 6.08. The van der Waals surface area contributed by atoms with Gasteiger partial charge in [-0.2, -0.15) is 0 Å². The van der Waals surface area contributed by atoms with E-state index in [9.17, 15) is 9.59 Å². The highest BCUT2D eigenvalue weighted by Gasteiger charge is 2.31. The number of benzene rings is 2. The van der Waals surface area contributed by atoms with E-state index in [1.54, 1.807) is 58.9 Å². The molecule has 1 aliphatic heterocycles. The molecular weight excluding hydrogens is 335 g/mol. The van der Waals surface area contributed by atoms with Crippen molar-refractivity contribution < 1.29 is 19.2 Å². The number of nitrogens with one attached hydrogen (secondary N) is 1. The predicted molar refractivity (Wildman–Crippen MR) is 95.9 cm³/mol. The molecule has 26 heavy (non-hydrogen) atoms. The van der Waals surface area contributed by atoms with Gasteiger partial charge in [0.15, 0.2) is 6.17 Å². The maximum atomic E-state index is 15.1. The Hall–Kier alpha value is -2.73. The van der Waals surface area contributed by atoms with Crippen molar-refractivity contribution in [1.29, 1.82) is 0 Å². The zero-order chi connectivity index (χ0) is 18.5. The molecule has 3 rings (SSSR count). The molecule has 0 spiro atoms. The van der Waals surface area contributed by atoms with Crippen LogP contribution in [0.1, 0.15) is 53.3 Å². The number of alkyl halides is 1. The standard InChI is InChI=1S/C20H21FN2O3/c21-19-14-8-3-4-9-15(14)20(25)23(17-11-6-5-10-16(17)19)13-7-1-2-12-18(24)22-26/h3-6,8-11,19,26H,1-2,7,12-13H2,(H,22,24). The maximum Gasteiger partial charge on any atom is 0.258 e. The monoisotopic (exact) mass is 356 g/mol. The molecule has 0 radical (unpaired) electrons. The van der Waals surface area contributed by atoms with Crippen molar-refractivity contribution in [3.63, 3.8) is 0 Å². The average Bonchev–Trinajstić information content (AvgIpc) is 2.77. The van der Waals surface area contributed by atoms with Gasteiger partial charge in [-0.15, -0.1) is 0 Å². The van der Waals surface area contributed by atoms with Crippen molar-refractivity contribution in [2.24, 2.45) is 0 Å². The van der Waals surface area contributed by atoms with E-state index in [1.807, 2.05) is 0 Å². The molecular formula is C20H21FN2O3. The van der Waals surface area contributed by atoms with Crippen LogP contribution in [0.25, 0.3) is 0 Å². The summed E-state index contributed by atoms with van der Waals surface area (Å²) in [7, 11) is 0. The summed E-state index contributed by atoms with van der Waals surface area (Å²) in [6, 6.07) is 13.9. The summed E-state index contributed by atoms with van der Waals surface area (Å²) in [4.78, 5) is 25.7. The van der Waals surface area contributed by atoms with Gasteiger partial charge in [0.2, 0.25) is 5.91 Å². The number of halogens is 1. The first-order valence-corrected chi connectivity index (χ1v) is 8.70. The zero-order valence-corrected chi connectivity index (χ0v) is 14.3. The molecule has 2 aromatic carbocycles. The van der Waals surface area contributed by atoms with Crippen LogP contribution >= 0.6 is 0 Å². The van der Waals surface area contributed by atoms with Crippen LogP contribution in [0.2, 0.25) is 0 Å². The largest absolute Gasteiger partial charge is 0.308 e. The summed E-state index contributed by atoms with van der Waals surface area (Å²) in [5, 5.41) is 8.50. The topological polar surface area (TPSA) is 69.6 Å². The quantitative estimate of drug-likeness (QED) is 0.470. The number of unbranched alkanes of at least 4 members (excludes halogenated alkanes) is 2. The number of para-hydroxylation sites is 1. The average molecular weight is 356 g/mol. The van der Waals surface area contributed by atoms with Crippen LogP contribution in [0.5, 0.6) is 0 Å². The number of amides is 2. The van der Waals surface area contributed by atoms with Gasteiger partial charge in [0.25, 0.3) is 5.91 Å². The molecule has 1 aliphatic rings. The van der Waals surface area contributed by atoms with Crippen molar-refractivity contribution in [2.45, 2.75) is 31.9 Å². The molecule has 0 aromatic heterocycles. The van der Waals surface area contributed by atoms with Crippen molar-refractivity contribution in [1.82, 2.24) is 5.48 Å². The maximum absolute atomic E-state index is 15.1. The fourth-order valence-electron chi connectivity index (χ4n) is 3.29. The molecule has 0 bridgehead atoms. The highest BCUT2D eigenvalue weighted by Crippen LogP contribution is 2.39. The molecule has 136 valence electrons. The third kappa shape index (κ3) is 3.60. The van der Waals surface area contributed by atoms with Crippen LogP contribution in [0.15, 0.2) is 48.5 Å². The smallest absolute Gasteiger partial charge is 0.258 e. The number of hydroxylamine groups is 1. The van der Waals surface area contributed by atoms with E-state index in [4.69, 9.17) is 5.21 Å². The number of hydrogen-bond acceptors (Lipinski definition) is 3. The van der Waals surface area contributed by atoms with E-state index < -0.39 is 12.1 Å². The fraction of sp³-hybridized carbons (Fsp3) is 0.300. The van der Waals surface area contributed by atoms with Gasteiger partial charge >= 0.3 is 0 Å². The van der Waals surface area contributed by atoms with Crippen LogP contribution in [0.3, 0.4) is 0 Å². The molecule has 1 unspecified atom stereocenters. The van der Waals surface area contributed by atoms with Gasteiger partial charge in [0.05, 0.1) is 5.69 Å². The molecule has 0 saturated heterocycles. The third-order valence-corrected chi connectivity index (χ3v) is 4.62. The lowest BCUT2D eigenvalue weighted by Gasteiger charge is -2.23. The molecule has 2 aromatic rings. The van der Waals surface area contributed by atoms with Crippen molar-refractivity contribution in [3.05, 3.63) is 65.2 Å². The number of fused-ring (bicyclic) bond motifs is 2. The van der Waals surface area contributed by atoms with Gasteiger partial charge in [0.1, 0.15) is 0 Å². The Balaban J connectivity index is 1.81. The van der Waals surface area contributed by atoms with E-state index in [1.165, 1.54) is 0 Å². The summed E-state index contributed by atoms with van der Waals surface area (Å²) in [6.45, 7) is 0.442. The molecule has 6 heteroatoms. The fourth-order valence-corrected chi connectivity index (χ4v) is 3.29. The van der Waals surface area contributed by atoms with E-state index in [2.05, 4.69) is 0 Å². The molecule has 0 aliphatic carbocycles. The van der Waals surface area contributed by atoms with Crippen LogP contribution in [0.4, 0.5) is 10.1 Å². The zero-order valence-electron chi connectivity index (χ0n) is 14.3. The molecule has 2 N–H and O–H groups in total. The Kier molecular flexibility index (Phi) is 5.63. The normalized spacial score (nSPS) is 15.8. The summed E-state index contributed by atoms with van der Waals surface area (Å²) in [5.41, 5.74) is 3.47. The number of anilines is 1. The van der Waals surface area contributed by atoms with Crippen LogP contribution in [-0.2, 0) is 4.79 Å². The van der Waals surface area contributed by atoms with Gasteiger partial charge in [0, 0.05) is 29.7 Å². The van der Waals surface area contributed by atoms with Crippen molar-refractivity contribution >= 4 is 17.5 Å². The Labute approximate surface area is 151 Å². The summed E-state index contributed by atoms with van der Waals surface area (Å²) >= 11 is 0. The second-order valence-electron chi connectivity index (χ2n) is 6.31. The minimum atomic E-state index is -1.34. The van der Waals surface area contributed by atoms with Crippen molar-refractivity contribution in [3.8, 4) is 0 Å². The number of carbonyl (C=O) groups is 2. The number of nitrogens with zero attached hydrogens (tertiary/aromatic N) is 1. The molecule has 1 atom stereocenters. The molecule has 0 saturated carbocycles. The lowest BCUT2D eigenvalue weighted by Crippen LogP contribution is -2.32. The number of hydrogen-bond donors (Lipinski definition) is 2. The number of carbonyl (C=O) groups excluding carboxylic acids is 2. The minimum Gasteiger partial charge on any atom is -0.308 e. The Bertz CT molecular complexity index is 809. The Morgan fingerprint density at radius 3 is 2.50 bits per heavy atom. The van der Waals surface area contributed by atoms with E-state index >= 15 is 4.39 Å². The predicted octanol–water partition coefficient (Wildman–Crippen LogP) is 3.77. The first kappa shape index (κ1) is 18.1. The van der Waals surface area contributed by atoms with Gasteiger partial charge < -0.3 is 4.90 Å². The van der Waals surface area contributed by atoms with Crippen LogP contribution in [0, 0.1) is 0 Å². The first-order chi connectivity index (χ1) is 12.6. The van der Waals surface area contributed by atoms with Gasteiger partial charge in [-0.05, 0) is 25.0 Å². The SMILES string of the molecule is O=C(CCCCCN1C(=O)c2ccccc2C(F)c2ccccc21)NO. The van der Waals surface area contributed by atoms with Crippen molar-refractivity contribution in [2.75, 3.05) is 11.4 Å². The molecule has 2 amide bonds. The second-order valence-corrected chi connectivity index (χ2v) is 6.31. The van der Waals surface area contributed by atoms with Gasteiger partial charge in [-0.1, -0.05) is 42.8 Å². The van der Waals surface area contributed by atoms with Crippen LogP contribution in [-0.4, -0.2) is 23.6 Å². The minimum absolute atomic E-state index is 0.207. The van der Waals surface area contributed by atoms with Gasteiger partial charge in [-0.3, -0.25) is 14.8 Å². The number of rotatable bonds is 6. The highest BCUT2D eigenvalue weighted by atomic mass is 19.1. The Morgan fingerprint density at radius 1 is 1.04 bits per heavy atom. The van der Waals surface area contributed by atoms with E-state index in [-0.39, 0.29) is 12.3 Å². The lowest BCUT2D eigenvalue weighted by atomic mass is 9.99. The third-order valence-electron chi connectivity index (χ3n) is 4.62. The van der Waals surface area contributed by atoms with E-state index in [0.717, 1.165) is 6.42 Å². The molecule has 1 heterocycles. The summed E-state index contributed by atoms with van der Waals surface area (Å²) < 4.78 is 15.1. The summed E-state index contributed by atoms with van der Waals surface area (Å²) in [5.74, 6) is -0.628. The van der Waals surface area contributed by atoms with Crippen LogP contribution < -0.4 is 10.4 Å². The Morgan fingerprint density at radius 2 is 1.73 bits per heavy atom. The van der Waals surface area contributed by atoms with E-state index in [0.29, 0.717) is 41.8 Å². The molecule has 0 fully saturated rings. The van der Waals surface area contributed by atoms with Gasteiger partial charge in [-0.25, -0.2) is 9.87 Å². The molecule has 5 nitrogen and oxygen atoms in total. The first-order valence-electron chi connectivity index (χ1n) is 8.70. The second kappa shape index (κ2) is 8.10. The lowest BCUT2D eigenvalue weighted by molar-refractivity contribution is -0.129. The summed E-state index contributed by atoms with van der Waals surface area (Å²) in [6.07, 6.45) is 0.900.